The van der Waals surface area contributed by atoms with Crippen LogP contribution in [0.5, 0.6) is 5.75 Å². The highest BCUT2D eigenvalue weighted by Crippen LogP contribution is 2.44. The fourth-order valence-corrected chi connectivity index (χ4v) is 5.81. The average Bonchev–Trinajstić information content (AvgIpc) is 3.35. The summed E-state index contributed by atoms with van der Waals surface area (Å²) in [5.74, 6) is -0.319. The van der Waals surface area contributed by atoms with Gasteiger partial charge in [-0.05, 0) is 69.5 Å². The predicted molar refractivity (Wildman–Crippen MR) is 170 cm³/mol. The van der Waals surface area contributed by atoms with Crippen molar-refractivity contribution in [3.05, 3.63) is 113 Å². The van der Waals surface area contributed by atoms with Gasteiger partial charge in [-0.25, -0.2) is 9.59 Å². The SMILES string of the molecule is CCCCCOc1ccc(-c2ccc(C[C@H](NC(=O)OCC3c4ccccc4-c4ccccc43)C(=O)O)cc2)c(CC)c1. The standard InChI is InChI=1S/C37H39NO5/c1-3-5-10-21-42-28-19-20-29(26(4-2)23-28)27-17-15-25(16-18-27)22-35(36(39)40)38-37(41)43-24-34-32-13-8-6-11-30(32)31-12-7-9-14-33(31)34/h6-9,11-20,23,34-35H,3-5,10,21-22,24H2,1-2H3,(H,38,41)(H,39,40)/t35-/m0/s1. The van der Waals surface area contributed by atoms with Gasteiger partial charge in [-0.15, -0.1) is 0 Å². The second-order valence-corrected chi connectivity index (χ2v) is 11.0. The molecule has 0 saturated heterocycles. The van der Waals surface area contributed by atoms with E-state index in [0.717, 1.165) is 77.0 Å². The molecule has 1 amide bonds. The van der Waals surface area contributed by atoms with E-state index in [4.69, 9.17) is 9.47 Å². The summed E-state index contributed by atoms with van der Waals surface area (Å²) >= 11 is 0. The number of carbonyl (C=O) groups excluding carboxylic acids is 1. The van der Waals surface area contributed by atoms with Gasteiger partial charge < -0.3 is 19.9 Å². The summed E-state index contributed by atoms with van der Waals surface area (Å²) in [6.07, 6.45) is 3.65. The minimum atomic E-state index is -1.11. The molecule has 0 aliphatic heterocycles. The molecule has 6 nitrogen and oxygen atoms in total. The smallest absolute Gasteiger partial charge is 0.407 e. The van der Waals surface area contributed by atoms with Crippen LogP contribution in [0.15, 0.2) is 91.0 Å². The van der Waals surface area contributed by atoms with E-state index >= 15 is 0 Å². The van der Waals surface area contributed by atoms with E-state index in [0.29, 0.717) is 0 Å². The Morgan fingerprint density at radius 2 is 1.51 bits per heavy atom. The third-order valence-electron chi connectivity index (χ3n) is 8.11. The number of nitrogens with one attached hydrogen (secondary N) is 1. The van der Waals surface area contributed by atoms with E-state index in [1.165, 1.54) is 5.56 Å². The molecule has 0 radical (unpaired) electrons. The van der Waals surface area contributed by atoms with Crippen molar-refractivity contribution in [2.24, 2.45) is 0 Å². The molecule has 0 fully saturated rings. The highest BCUT2D eigenvalue weighted by atomic mass is 16.5. The number of unbranched alkanes of at least 4 members (excludes halogenated alkanes) is 2. The lowest BCUT2D eigenvalue weighted by Gasteiger charge is -2.18. The summed E-state index contributed by atoms with van der Waals surface area (Å²) in [4.78, 5) is 24.8. The Bertz CT molecular complexity index is 1520. The van der Waals surface area contributed by atoms with Gasteiger partial charge in [0.2, 0.25) is 0 Å². The number of rotatable bonds is 13. The first-order chi connectivity index (χ1) is 21.0. The maximum absolute atomic E-state index is 12.8. The van der Waals surface area contributed by atoms with Crippen LogP contribution in [0.4, 0.5) is 4.79 Å². The molecule has 0 saturated carbocycles. The normalized spacial score (nSPS) is 12.7. The van der Waals surface area contributed by atoms with Gasteiger partial charge in [0.15, 0.2) is 0 Å². The van der Waals surface area contributed by atoms with E-state index in [1.807, 2.05) is 66.7 Å². The van der Waals surface area contributed by atoms with Crippen LogP contribution in [0, 0.1) is 0 Å². The zero-order valence-corrected chi connectivity index (χ0v) is 24.8. The molecule has 0 bridgehead atoms. The summed E-state index contributed by atoms with van der Waals surface area (Å²) in [5, 5.41) is 12.4. The number of amides is 1. The summed E-state index contributed by atoms with van der Waals surface area (Å²) in [5.41, 5.74) is 8.66. The Morgan fingerprint density at radius 1 is 0.837 bits per heavy atom. The second-order valence-electron chi connectivity index (χ2n) is 11.0. The summed E-state index contributed by atoms with van der Waals surface area (Å²) in [7, 11) is 0. The molecule has 2 N–H and O–H groups in total. The van der Waals surface area contributed by atoms with Crippen LogP contribution in [0.3, 0.4) is 0 Å². The molecule has 0 spiro atoms. The lowest BCUT2D eigenvalue weighted by atomic mass is 9.96. The number of carboxylic acids is 1. The molecule has 0 aromatic heterocycles. The number of ether oxygens (including phenoxy) is 2. The molecular formula is C37H39NO5. The summed E-state index contributed by atoms with van der Waals surface area (Å²) < 4.78 is 11.5. The van der Waals surface area contributed by atoms with Crippen molar-refractivity contribution >= 4 is 12.1 Å². The van der Waals surface area contributed by atoms with Gasteiger partial charge in [0.05, 0.1) is 6.61 Å². The van der Waals surface area contributed by atoms with Gasteiger partial charge >= 0.3 is 12.1 Å². The Balaban J connectivity index is 1.20. The largest absolute Gasteiger partial charge is 0.494 e. The first kappa shape index (κ1) is 29.9. The minimum Gasteiger partial charge on any atom is -0.494 e. The summed E-state index contributed by atoms with van der Waals surface area (Å²) in [6.45, 7) is 5.15. The van der Waals surface area contributed by atoms with Gasteiger partial charge in [0.1, 0.15) is 18.4 Å². The van der Waals surface area contributed by atoms with Crippen molar-refractivity contribution < 1.29 is 24.2 Å². The first-order valence-corrected chi connectivity index (χ1v) is 15.2. The molecule has 0 heterocycles. The lowest BCUT2D eigenvalue weighted by molar-refractivity contribution is -0.139. The molecule has 0 unspecified atom stereocenters. The van der Waals surface area contributed by atoms with Crippen molar-refractivity contribution in [3.8, 4) is 28.0 Å². The van der Waals surface area contributed by atoms with Crippen LogP contribution >= 0.6 is 0 Å². The minimum absolute atomic E-state index is 0.0938. The maximum atomic E-state index is 12.8. The number of carboxylic acid groups (broad SMARTS) is 1. The van der Waals surface area contributed by atoms with Crippen LogP contribution in [0.2, 0.25) is 0 Å². The lowest BCUT2D eigenvalue weighted by Crippen LogP contribution is -2.42. The quantitative estimate of drug-likeness (QED) is 0.157. The van der Waals surface area contributed by atoms with E-state index in [-0.39, 0.29) is 18.9 Å². The van der Waals surface area contributed by atoms with Crippen LogP contribution < -0.4 is 10.1 Å². The van der Waals surface area contributed by atoms with E-state index in [9.17, 15) is 14.7 Å². The Morgan fingerprint density at radius 3 is 2.14 bits per heavy atom. The van der Waals surface area contributed by atoms with Crippen LogP contribution in [-0.2, 0) is 22.4 Å². The van der Waals surface area contributed by atoms with Crippen LogP contribution in [0.1, 0.15) is 61.3 Å². The molecule has 1 aliphatic rings. The number of aryl methyl sites for hydroxylation is 1. The van der Waals surface area contributed by atoms with Crippen LogP contribution in [0.25, 0.3) is 22.3 Å². The molecule has 43 heavy (non-hydrogen) atoms. The van der Waals surface area contributed by atoms with Gasteiger partial charge in [0, 0.05) is 12.3 Å². The molecule has 5 rings (SSSR count). The van der Waals surface area contributed by atoms with Crippen molar-refractivity contribution in [1.29, 1.82) is 0 Å². The predicted octanol–water partition coefficient (Wildman–Crippen LogP) is 8.02. The molecule has 1 aliphatic carbocycles. The van der Waals surface area contributed by atoms with Crippen LogP contribution in [-0.4, -0.2) is 36.4 Å². The first-order valence-electron chi connectivity index (χ1n) is 15.2. The number of aliphatic carboxylic acids is 1. The molecule has 222 valence electrons. The second kappa shape index (κ2) is 14.1. The number of carbonyl (C=O) groups is 2. The topological polar surface area (TPSA) is 84.9 Å². The molecule has 4 aromatic carbocycles. The van der Waals surface area contributed by atoms with Crippen molar-refractivity contribution in [2.45, 2.75) is 57.9 Å². The Labute approximate surface area is 253 Å². The Hall–Kier alpha value is -4.58. The monoisotopic (exact) mass is 577 g/mol. The number of alkyl carbamates (subject to hydrolysis) is 1. The molecule has 6 heteroatoms. The van der Waals surface area contributed by atoms with Crippen molar-refractivity contribution in [2.75, 3.05) is 13.2 Å². The summed E-state index contributed by atoms with van der Waals surface area (Å²) in [6, 6.07) is 29.1. The highest BCUT2D eigenvalue weighted by Gasteiger charge is 2.29. The van der Waals surface area contributed by atoms with Gasteiger partial charge in [-0.3, -0.25) is 0 Å². The fraction of sp³-hybridized carbons (Fsp3) is 0.297. The maximum Gasteiger partial charge on any atom is 0.407 e. The van der Waals surface area contributed by atoms with E-state index in [2.05, 4.69) is 43.4 Å². The van der Waals surface area contributed by atoms with E-state index < -0.39 is 18.1 Å². The molecule has 1 atom stereocenters. The zero-order chi connectivity index (χ0) is 30.2. The number of hydrogen-bond acceptors (Lipinski definition) is 4. The highest BCUT2D eigenvalue weighted by molar-refractivity contribution is 5.81. The third kappa shape index (κ3) is 7.08. The van der Waals surface area contributed by atoms with Gasteiger partial charge in [-0.1, -0.05) is 106 Å². The van der Waals surface area contributed by atoms with Gasteiger partial charge in [0.25, 0.3) is 0 Å². The van der Waals surface area contributed by atoms with Gasteiger partial charge in [-0.2, -0.15) is 0 Å². The molecular weight excluding hydrogens is 538 g/mol. The Kier molecular flexibility index (Phi) is 9.77. The van der Waals surface area contributed by atoms with Crippen molar-refractivity contribution in [3.63, 3.8) is 0 Å². The average molecular weight is 578 g/mol. The number of benzene rings is 4. The van der Waals surface area contributed by atoms with Crippen molar-refractivity contribution in [1.82, 2.24) is 5.32 Å². The zero-order valence-electron chi connectivity index (χ0n) is 24.8. The fourth-order valence-electron chi connectivity index (χ4n) is 5.81. The number of hydrogen-bond donors (Lipinski definition) is 2. The number of fused-ring (bicyclic) bond motifs is 3. The third-order valence-corrected chi connectivity index (χ3v) is 8.11. The molecule has 4 aromatic rings. The van der Waals surface area contributed by atoms with E-state index in [1.54, 1.807) is 0 Å².